The number of hydrogen-bond donors (Lipinski definition) is 2. The lowest BCUT2D eigenvalue weighted by Gasteiger charge is -2.11. The lowest BCUT2D eigenvalue weighted by atomic mass is 10.2. The summed E-state index contributed by atoms with van der Waals surface area (Å²) < 4.78 is 39.4. The van der Waals surface area contributed by atoms with Gasteiger partial charge in [-0.1, -0.05) is 0 Å². The van der Waals surface area contributed by atoms with Crippen LogP contribution in [0.25, 0.3) is 0 Å². The Morgan fingerprint density at radius 2 is 1.96 bits per heavy atom. The number of alkyl halides is 3. The number of thiazole rings is 1. The number of halogens is 3. The van der Waals surface area contributed by atoms with Crippen molar-refractivity contribution in [3.63, 3.8) is 0 Å². The molecule has 6 nitrogen and oxygen atoms in total. The van der Waals surface area contributed by atoms with E-state index in [0.717, 1.165) is 33.7 Å². The molecule has 0 atom stereocenters. The molecule has 0 aliphatic rings. The molecule has 0 aliphatic heterocycles. The molecule has 0 spiro atoms. The van der Waals surface area contributed by atoms with Gasteiger partial charge in [-0.15, -0.1) is 11.3 Å². The van der Waals surface area contributed by atoms with Gasteiger partial charge in [-0.3, -0.25) is 9.67 Å². The van der Waals surface area contributed by atoms with Crippen molar-refractivity contribution in [1.82, 2.24) is 25.4 Å². The number of guanidine groups is 1. The van der Waals surface area contributed by atoms with Gasteiger partial charge in [-0.05, 0) is 13.8 Å². The fourth-order valence-corrected chi connectivity index (χ4v) is 2.89. The fraction of sp³-hybridized carbons (Fsp3) is 0.500. The lowest BCUT2D eigenvalue weighted by molar-refractivity contribution is -0.140. The summed E-state index contributed by atoms with van der Waals surface area (Å²) >= 11 is 0.962. The summed E-state index contributed by atoms with van der Waals surface area (Å²) in [6.07, 6.45) is -4.41. The average molecular weight is 360 g/mol. The molecule has 0 fully saturated rings. The molecule has 2 aromatic heterocycles. The van der Waals surface area contributed by atoms with Crippen molar-refractivity contribution in [2.24, 2.45) is 12.0 Å². The average Bonchev–Trinajstić information content (AvgIpc) is 3.07. The van der Waals surface area contributed by atoms with Gasteiger partial charge in [-0.2, -0.15) is 18.3 Å². The van der Waals surface area contributed by atoms with Crippen molar-refractivity contribution in [2.45, 2.75) is 33.1 Å². The molecule has 0 saturated heterocycles. The van der Waals surface area contributed by atoms with Crippen molar-refractivity contribution in [2.75, 3.05) is 7.05 Å². The molecule has 24 heavy (non-hydrogen) atoms. The Morgan fingerprint density at radius 3 is 2.46 bits per heavy atom. The van der Waals surface area contributed by atoms with Crippen LogP contribution in [0.5, 0.6) is 0 Å². The van der Waals surface area contributed by atoms with Crippen LogP contribution in [0.2, 0.25) is 0 Å². The Bertz CT molecular complexity index is 731. The van der Waals surface area contributed by atoms with Crippen LogP contribution in [-0.2, 0) is 26.3 Å². The molecule has 2 rings (SSSR count). The zero-order chi connectivity index (χ0) is 17.9. The van der Waals surface area contributed by atoms with Gasteiger partial charge in [0, 0.05) is 37.3 Å². The third-order valence-electron chi connectivity index (χ3n) is 3.56. The Balaban J connectivity index is 1.92. The number of aromatic nitrogens is 3. The highest BCUT2D eigenvalue weighted by molar-refractivity contribution is 7.09. The highest BCUT2D eigenvalue weighted by atomic mass is 32.1. The summed E-state index contributed by atoms with van der Waals surface area (Å²) in [5, 5.41) is 11.8. The lowest BCUT2D eigenvalue weighted by Crippen LogP contribution is -2.36. The predicted molar refractivity (Wildman–Crippen MR) is 86.8 cm³/mol. The fourth-order valence-electron chi connectivity index (χ4n) is 2.15. The monoisotopic (exact) mass is 360 g/mol. The maximum atomic E-state index is 12.5. The van der Waals surface area contributed by atoms with E-state index in [-0.39, 0.29) is 6.54 Å². The van der Waals surface area contributed by atoms with Crippen LogP contribution in [0.4, 0.5) is 13.2 Å². The van der Waals surface area contributed by atoms with E-state index in [9.17, 15) is 13.2 Å². The zero-order valence-electron chi connectivity index (χ0n) is 13.8. The van der Waals surface area contributed by atoms with Crippen molar-refractivity contribution in [1.29, 1.82) is 0 Å². The van der Waals surface area contributed by atoms with Gasteiger partial charge in [-0.25, -0.2) is 4.98 Å². The number of aliphatic imine (C=N–C) groups is 1. The van der Waals surface area contributed by atoms with Crippen LogP contribution in [0.15, 0.2) is 10.4 Å². The Hall–Kier alpha value is -2.10. The molecule has 0 unspecified atom stereocenters. The van der Waals surface area contributed by atoms with E-state index in [4.69, 9.17) is 0 Å². The molecule has 0 bridgehead atoms. The molecule has 0 aromatic carbocycles. The molecule has 10 heteroatoms. The van der Waals surface area contributed by atoms with Crippen molar-refractivity contribution in [3.05, 3.63) is 33.0 Å². The van der Waals surface area contributed by atoms with Crippen LogP contribution in [-0.4, -0.2) is 27.8 Å². The minimum absolute atomic E-state index is 0.172. The van der Waals surface area contributed by atoms with Crippen molar-refractivity contribution in [3.8, 4) is 0 Å². The summed E-state index contributed by atoms with van der Waals surface area (Å²) in [5.74, 6) is 0.487. The first-order chi connectivity index (χ1) is 11.2. The van der Waals surface area contributed by atoms with E-state index in [1.807, 2.05) is 20.9 Å². The van der Waals surface area contributed by atoms with Gasteiger partial charge >= 0.3 is 6.18 Å². The second-order valence-electron chi connectivity index (χ2n) is 5.18. The van der Waals surface area contributed by atoms with Crippen molar-refractivity contribution >= 4 is 17.3 Å². The van der Waals surface area contributed by atoms with E-state index >= 15 is 0 Å². The van der Waals surface area contributed by atoms with Gasteiger partial charge in [0.05, 0.1) is 12.2 Å². The van der Waals surface area contributed by atoms with Gasteiger partial charge in [0.25, 0.3) is 0 Å². The van der Waals surface area contributed by atoms with Gasteiger partial charge in [0.1, 0.15) is 5.01 Å². The Labute approximate surface area is 141 Å². The largest absolute Gasteiger partial charge is 0.434 e. The first kappa shape index (κ1) is 18.2. The summed E-state index contributed by atoms with van der Waals surface area (Å²) in [7, 11) is 3.47. The van der Waals surface area contributed by atoms with Crippen LogP contribution < -0.4 is 10.6 Å². The third kappa shape index (κ3) is 4.25. The maximum absolute atomic E-state index is 12.5. The number of nitrogens with zero attached hydrogens (tertiary/aromatic N) is 4. The quantitative estimate of drug-likeness (QED) is 0.649. The molecule has 2 heterocycles. The zero-order valence-corrected chi connectivity index (χ0v) is 14.6. The van der Waals surface area contributed by atoms with Gasteiger partial charge in [0.15, 0.2) is 11.7 Å². The van der Waals surface area contributed by atoms with Crippen LogP contribution in [0.3, 0.4) is 0 Å². The molecular formula is C14H19F3N6S. The smallest absolute Gasteiger partial charge is 0.352 e. The second-order valence-corrected chi connectivity index (χ2v) is 6.12. The number of nitrogens with one attached hydrogen (secondary N) is 2. The minimum Gasteiger partial charge on any atom is -0.352 e. The SMILES string of the molecule is CN=C(NCc1nc(C(F)(F)F)cs1)NCc1c(C)nn(C)c1C. The van der Waals surface area contributed by atoms with Crippen molar-refractivity contribution < 1.29 is 13.2 Å². The number of aryl methyl sites for hydroxylation is 2. The standard InChI is InChI=1S/C14H19F3N6S/c1-8-10(9(2)23(4)22-8)5-19-13(18-3)20-6-12-21-11(7-24-12)14(15,16)17/h7H,5-6H2,1-4H3,(H2,18,19,20). The van der Waals surface area contributed by atoms with Crippen LogP contribution >= 0.6 is 11.3 Å². The summed E-state index contributed by atoms with van der Waals surface area (Å²) in [4.78, 5) is 7.63. The van der Waals surface area contributed by atoms with Crippen LogP contribution in [0.1, 0.15) is 27.7 Å². The number of rotatable bonds is 4. The van der Waals surface area contributed by atoms with E-state index < -0.39 is 11.9 Å². The molecule has 132 valence electrons. The summed E-state index contributed by atoms with van der Waals surface area (Å²) in [6.45, 7) is 4.60. The minimum atomic E-state index is -4.41. The van der Waals surface area contributed by atoms with E-state index in [0.29, 0.717) is 17.5 Å². The maximum Gasteiger partial charge on any atom is 0.434 e. The summed E-state index contributed by atoms with van der Waals surface area (Å²) in [5.41, 5.74) is 2.17. The topological polar surface area (TPSA) is 67.1 Å². The molecule has 0 amide bonds. The first-order valence-electron chi connectivity index (χ1n) is 7.17. The molecule has 0 saturated carbocycles. The number of hydrogen-bond acceptors (Lipinski definition) is 4. The summed E-state index contributed by atoms with van der Waals surface area (Å²) in [6, 6.07) is 0. The highest BCUT2D eigenvalue weighted by Gasteiger charge is 2.33. The Kier molecular flexibility index (Phi) is 5.47. The molecular weight excluding hydrogens is 341 g/mol. The predicted octanol–water partition coefficient (Wildman–Crippen LogP) is 2.38. The van der Waals surface area contributed by atoms with E-state index in [1.165, 1.54) is 0 Å². The van der Waals surface area contributed by atoms with Gasteiger partial charge in [0.2, 0.25) is 0 Å². The van der Waals surface area contributed by atoms with E-state index in [2.05, 4.69) is 25.7 Å². The van der Waals surface area contributed by atoms with Crippen LogP contribution in [0, 0.1) is 13.8 Å². The second kappa shape index (κ2) is 7.20. The van der Waals surface area contributed by atoms with E-state index in [1.54, 1.807) is 11.7 Å². The Morgan fingerprint density at radius 1 is 1.29 bits per heavy atom. The molecule has 0 radical (unpaired) electrons. The third-order valence-corrected chi connectivity index (χ3v) is 4.41. The normalized spacial score (nSPS) is 12.5. The van der Waals surface area contributed by atoms with Gasteiger partial charge < -0.3 is 10.6 Å². The molecule has 0 aliphatic carbocycles. The molecule has 2 aromatic rings. The highest BCUT2D eigenvalue weighted by Crippen LogP contribution is 2.29. The molecule has 2 N–H and O–H groups in total. The first-order valence-corrected chi connectivity index (χ1v) is 8.05.